The van der Waals surface area contributed by atoms with E-state index in [-0.39, 0.29) is 24.4 Å². The summed E-state index contributed by atoms with van der Waals surface area (Å²) < 4.78 is 10.5. The average Bonchev–Trinajstić information content (AvgIpc) is 3.03. The lowest BCUT2D eigenvalue weighted by atomic mass is 10.1. The van der Waals surface area contributed by atoms with Gasteiger partial charge in [-0.2, -0.15) is 0 Å². The zero-order valence-corrected chi connectivity index (χ0v) is 15.5. The minimum Gasteiger partial charge on any atom is -0.493 e. The number of hydrogen-bond donors (Lipinski definition) is 2. The molecule has 0 saturated carbocycles. The van der Waals surface area contributed by atoms with Gasteiger partial charge in [0.25, 0.3) is 5.91 Å². The Kier molecular flexibility index (Phi) is 7.97. The largest absolute Gasteiger partial charge is 0.493 e. The van der Waals surface area contributed by atoms with Crippen molar-refractivity contribution >= 4 is 29.7 Å². The number of ether oxygens (including phenoxy) is 2. The lowest BCUT2D eigenvalue weighted by molar-refractivity contribution is 0.0935. The van der Waals surface area contributed by atoms with Crippen LogP contribution in [0.5, 0.6) is 11.5 Å². The highest BCUT2D eigenvalue weighted by Crippen LogP contribution is 2.28. The number of benzene rings is 1. The third kappa shape index (κ3) is 5.09. The van der Waals surface area contributed by atoms with Gasteiger partial charge >= 0.3 is 0 Å². The fourth-order valence-electron chi connectivity index (χ4n) is 2.22. The van der Waals surface area contributed by atoms with Crippen LogP contribution in [0.15, 0.2) is 23.6 Å². The average molecular weight is 372 g/mol. The molecule has 1 unspecified atom stereocenters. The second-order valence-electron chi connectivity index (χ2n) is 5.10. The third-order valence-corrected chi connectivity index (χ3v) is 4.20. The number of carbonyl (C=O) groups is 1. The molecule has 0 radical (unpaired) electrons. The molecule has 0 saturated heterocycles. The van der Waals surface area contributed by atoms with E-state index in [1.165, 1.54) is 11.3 Å². The fourth-order valence-corrected chi connectivity index (χ4v) is 2.87. The molecule has 24 heavy (non-hydrogen) atoms. The summed E-state index contributed by atoms with van der Waals surface area (Å²) in [5.41, 5.74) is 6.98. The summed E-state index contributed by atoms with van der Waals surface area (Å²) in [5.74, 6) is 1.18. The Morgan fingerprint density at radius 3 is 2.62 bits per heavy atom. The van der Waals surface area contributed by atoms with Gasteiger partial charge in [-0.15, -0.1) is 23.7 Å². The molecule has 0 aliphatic carbocycles. The van der Waals surface area contributed by atoms with E-state index in [9.17, 15) is 4.79 Å². The van der Waals surface area contributed by atoms with Gasteiger partial charge < -0.3 is 20.5 Å². The molecule has 0 spiro atoms. The zero-order chi connectivity index (χ0) is 16.8. The Bertz CT molecular complexity index is 678. The van der Waals surface area contributed by atoms with Gasteiger partial charge in [-0.05, 0) is 31.0 Å². The molecule has 0 fully saturated rings. The Labute approximate surface area is 151 Å². The van der Waals surface area contributed by atoms with Crippen molar-refractivity contribution in [2.75, 3.05) is 14.2 Å². The number of amides is 1. The number of methoxy groups -OCH3 is 2. The first-order valence-corrected chi connectivity index (χ1v) is 8.11. The van der Waals surface area contributed by atoms with E-state index in [4.69, 9.17) is 15.2 Å². The van der Waals surface area contributed by atoms with E-state index in [1.807, 2.05) is 25.1 Å². The number of nitrogens with zero attached hydrogens (tertiary/aromatic N) is 1. The Hall–Kier alpha value is -1.83. The van der Waals surface area contributed by atoms with E-state index in [2.05, 4.69) is 10.3 Å². The van der Waals surface area contributed by atoms with Gasteiger partial charge in [0.15, 0.2) is 11.5 Å². The van der Waals surface area contributed by atoms with E-state index in [0.29, 0.717) is 30.2 Å². The number of thiazole rings is 1. The van der Waals surface area contributed by atoms with Crippen LogP contribution in [0.3, 0.4) is 0 Å². The van der Waals surface area contributed by atoms with Gasteiger partial charge in [0.1, 0.15) is 10.7 Å². The SMILES string of the molecule is COc1ccc(CC(C)NC(=O)c2csc(CN)n2)cc1OC.Cl. The molecular weight excluding hydrogens is 350 g/mol. The van der Waals surface area contributed by atoms with Crippen LogP contribution in [0.1, 0.15) is 28.0 Å². The van der Waals surface area contributed by atoms with E-state index in [1.54, 1.807) is 19.6 Å². The number of nitrogens with one attached hydrogen (secondary N) is 1. The van der Waals surface area contributed by atoms with Crippen LogP contribution in [0.4, 0.5) is 0 Å². The predicted molar refractivity (Wildman–Crippen MR) is 97.4 cm³/mol. The fraction of sp³-hybridized carbons (Fsp3) is 0.375. The van der Waals surface area contributed by atoms with Crippen molar-refractivity contribution < 1.29 is 14.3 Å². The number of carbonyl (C=O) groups excluding carboxylic acids is 1. The first kappa shape index (κ1) is 20.2. The predicted octanol–water partition coefficient (Wildman–Crippen LogP) is 2.40. The van der Waals surface area contributed by atoms with Crippen molar-refractivity contribution in [2.45, 2.75) is 25.9 Å². The van der Waals surface area contributed by atoms with Crippen molar-refractivity contribution in [1.82, 2.24) is 10.3 Å². The number of nitrogens with two attached hydrogens (primary N) is 1. The first-order chi connectivity index (χ1) is 11.1. The number of rotatable bonds is 7. The van der Waals surface area contributed by atoms with E-state index in [0.717, 1.165) is 10.6 Å². The lowest BCUT2D eigenvalue weighted by Gasteiger charge is -2.15. The van der Waals surface area contributed by atoms with Crippen LogP contribution in [0.2, 0.25) is 0 Å². The van der Waals surface area contributed by atoms with Crippen LogP contribution in [-0.2, 0) is 13.0 Å². The van der Waals surface area contributed by atoms with Crippen molar-refractivity contribution in [3.8, 4) is 11.5 Å². The molecule has 0 aliphatic rings. The van der Waals surface area contributed by atoms with Crippen LogP contribution >= 0.6 is 23.7 Å². The van der Waals surface area contributed by atoms with E-state index < -0.39 is 0 Å². The molecular formula is C16H22ClN3O3S. The summed E-state index contributed by atoms with van der Waals surface area (Å²) in [4.78, 5) is 16.3. The molecule has 1 heterocycles. The maximum absolute atomic E-state index is 12.1. The molecule has 1 amide bonds. The molecule has 0 bridgehead atoms. The Morgan fingerprint density at radius 2 is 2.04 bits per heavy atom. The number of hydrogen-bond acceptors (Lipinski definition) is 6. The maximum Gasteiger partial charge on any atom is 0.270 e. The minimum atomic E-state index is -0.186. The Balaban J connectivity index is 0.00000288. The molecule has 1 atom stereocenters. The van der Waals surface area contributed by atoms with Gasteiger partial charge in [-0.1, -0.05) is 6.07 Å². The second-order valence-corrected chi connectivity index (χ2v) is 6.04. The normalized spacial score (nSPS) is 11.3. The lowest BCUT2D eigenvalue weighted by Crippen LogP contribution is -2.34. The topological polar surface area (TPSA) is 86.5 Å². The zero-order valence-electron chi connectivity index (χ0n) is 13.9. The highest BCUT2D eigenvalue weighted by molar-refractivity contribution is 7.09. The van der Waals surface area contributed by atoms with Crippen LogP contribution in [0.25, 0.3) is 0 Å². The third-order valence-electron chi connectivity index (χ3n) is 3.33. The monoisotopic (exact) mass is 371 g/mol. The van der Waals surface area contributed by atoms with Crippen LogP contribution in [-0.4, -0.2) is 31.2 Å². The molecule has 2 aromatic rings. The molecule has 2 rings (SSSR count). The number of halogens is 1. The van der Waals surface area contributed by atoms with Gasteiger partial charge in [-0.25, -0.2) is 4.98 Å². The molecule has 8 heteroatoms. The first-order valence-electron chi connectivity index (χ1n) is 7.23. The summed E-state index contributed by atoms with van der Waals surface area (Å²) in [6.07, 6.45) is 0.681. The molecule has 132 valence electrons. The van der Waals surface area contributed by atoms with Crippen molar-refractivity contribution in [3.63, 3.8) is 0 Å². The summed E-state index contributed by atoms with van der Waals surface area (Å²) >= 11 is 1.39. The molecule has 6 nitrogen and oxygen atoms in total. The minimum absolute atomic E-state index is 0. The van der Waals surface area contributed by atoms with Gasteiger partial charge in [-0.3, -0.25) is 4.79 Å². The van der Waals surface area contributed by atoms with Crippen molar-refractivity contribution in [2.24, 2.45) is 5.73 Å². The molecule has 1 aromatic carbocycles. The molecule has 3 N–H and O–H groups in total. The highest BCUT2D eigenvalue weighted by atomic mass is 35.5. The van der Waals surface area contributed by atoms with Gasteiger partial charge in [0.2, 0.25) is 0 Å². The summed E-state index contributed by atoms with van der Waals surface area (Å²) in [6, 6.07) is 5.69. The van der Waals surface area contributed by atoms with Crippen molar-refractivity contribution in [3.05, 3.63) is 39.8 Å². The maximum atomic E-state index is 12.1. The molecule has 1 aromatic heterocycles. The van der Waals surface area contributed by atoms with Gasteiger partial charge in [0.05, 0.1) is 14.2 Å². The van der Waals surface area contributed by atoms with E-state index >= 15 is 0 Å². The van der Waals surface area contributed by atoms with Crippen molar-refractivity contribution in [1.29, 1.82) is 0 Å². The summed E-state index contributed by atoms with van der Waals surface area (Å²) in [6.45, 7) is 2.30. The summed E-state index contributed by atoms with van der Waals surface area (Å²) in [5, 5.41) is 5.42. The highest BCUT2D eigenvalue weighted by Gasteiger charge is 2.14. The standard InChI is InChI=1S/C16H21N3O3S.ClH/c1-10(18-16(20)12-9-23-15(8-17)19-12)6-11-4-5-13(21-2)14(7-11)22-3;/h4-5,7,9-10H,6,8,17H2,1-3H3,(H,18,20);1H. The number of aromatic nitrogens is 1. The summed E-state index contributed by atoms with van der Waals surface area (Å²) in [7, 11) is 3.20. The van der Waals surface area contributed by atoms with Crippen LogP contribution in [0, 0.1) is 0 Å². The van der Waals surface area contributed by atoms with Crippen LogP contribution < -0.4 is 20.5 Å². The quantitative estimate of drug-likeness (QED) is 0.780. The molecule has 0 aliphatic heterocycles. The Morgan fingerprint density at radius 1 is 1.33 bits per heavy atom. The smallest absolute Gasteiger partial charge is 0.270 e. The second kappa shape index (κ2) is 9.46. The van der Waals surface area contributed by atoms with Gasteiger partial charge in [0, 0.05) is 18.0 Å².